The second-order valence-electron chi connectivity index (χ2n) is 9.48. The summed E-state index contributed by atoms with van der Waals surface area (Å²) in [5.41, 5.74) is 0. The van der Waals surface area contributed by atoms with Gasteiger partial charge in [-0.25, -0.2) is 0 Å². The Labute approximate surface area is 212 Å². The Morgan fingerprint density at radius 1 is 0.943 bits per heavy atom. The number of unbranched alkanes of at least 4 members (excludes halogenated alkanes) is 5. The number of carbonyl (C=O) groups is 1. The predicted molar refractivity (Wildman–Crippen MR) is 139 cm³/mol. The molecule has 1 N–H and O–H groups in total. The molecule has 0 aromatic carbocycles. The summed E-state index contributed by atoms with van der Waals surface area (Å²) in [5, 5.41) is 9.35. The van der Waals surface area contributed by atoms with Gasteiger partial charge in [0, 0.05) is 6.42 Å². The lowest BCUT2D eigenvalue weighted by atomic mass is 10.1. The molecule has 0 aliphatic rings. The van der Waals surface area contributed by atoms with Gasteiger partial charge in [-0.1, -0.05) is 62.6 Å². The Bertz CT molecular complexity index is 671. The van der Waals surface area contributed by atoms with Crippen LogP contribution < -0.4 is 4.89 Å². The van der Waals surface area contributed by atoms with Crippen molar-refractivity contribution in [2.24, 2.45) is 0 Å². The number of ether oxygens (including phenoxy) is 1. The van der Waals surface area contributed by atoms with E-state index in [0.717, 1.165) is 51.4 Å². The lowest BCUT2D eigenvalue weighted by Gasteiger charge is -2.28. The number of aliphatic hydroxyl groups excluding tert-OH is 1. The molecule has 0 bridgehead atoms. The number of nitrogens with zero attached hydrogens (tertiary/aromatic N) is 1. The van der Waals surface area contributed by atoms with Gasteiger partial charge in [-0.05, 0) is 38.5 Å². The van der Waals surface area contributed by atoms with E-state index in [-0.39, 0.29) is 13.0 Å². The summed E-state index contributed by atoms with van der Waals surface area (Å²) in [7, 11) is 1.22. The molecular weight excluding hydrogens is 469 g/mol. The van der Waals surface area contributed by atoms with Crippen LogP contribution in [0.4, 0.5) is 0 Å². The minimum atomic E-state index is -4.52. The van der Waals surface area contributed by atoms with Crippen molar-refractivity contribution in [2.45, 2.75) is 77.2 Å². The highest BCUT2D eigenvalue weighted by Crippen LogP contribution is 2.38. The third kappa shape index (κ3) is 24.2. The van der Waals surface area contributed by atoms with Gasteiger partial charge in [0.2, 0.25) is 0 Å². The number of quaternary nitrogens is 1. The SMILES string of the molecule is CC/C=C\C/C=C\C/C=C\CCCCCCCC(=O)O[C@@H](CO)COP(=O)([O-])OCC[N+](C)(C)C. The summed E-state index contributed by atoms with van der Waals surface area (Å²) in [6.45, 7) is 1.61. The highest BCUT2D eigenvalue weighted by Gasteiger charge is 2.19. The molecule has 0 rings (SSSR count). The number of phosphoric acid groups is 1. The van der Waals surface area contributed by atoms with E-state index in [9.17, 15) is 19.4 Å². The molecule has 0 heterocycles. The Kier molecular flexibility index (Phi) is 20.1. The second-order valence-corrected chi connectivity index (χ2v) is 10.9. The number of phosphoric ester groups is 1. The first-order valence-electron chi connectivity index (χ1n) is 12.8. The van der Waals surface area contributed by atoms with E-state index in [4.69, 9.17) is 13.8 Å². The summed E-state index contributed by atoms with van der Waals surface area (Å²) in [4.78, 5) is 23.8. The van der Waals surface area contributed by atoms with Crippen molar-refractivity contribution in [1.82, 2.24) is 0 Å². The number of hydrogen-bond donors (Lipinski definition) is 1. The van der Waals surface area contributed by atoms with Gasteiger partial charge >= 0.3 is 5.97 Å². The van der Waals surface area contributed by atoms with Gasteiger partial charge in [-0.2, -0.15) is 0 Å². The molecule has 0 spiro atoms. The minimum absolute atomic E-state index is 0.0152. The molecule has 0 aliphatic carbocycles. The minimum Gasteiger partial charge on any atom is -0.756 e. The first-order valence-corrected chi connectivity index (χ1v) is 14.2. The van der Waals surface area contributed by atoms with Gasteiger partial charge in [0.25, 0.3) is 7.82 Å². The maximum Gasteiger partial charge on any atom is 0.306 e. The van der Waals surface area contributed by atoms with Crippen molar-refractivity contribution in [3.63, 3.8) is 0 Å². The lowest BCUT2D eigenvalue weighted by molar-refractivity contribution is -0.870. The van der Waals surface area contributed by atoms with Gasteiger partial charge in [0.15, 0.2) is 0 Å². The van der Waals surface area contributed by atoms with Crippen LogP contribution in [0, 0.1) is 0 Å². The van der Waals surface area contributed by atoms with Crippen LogP contribution in [-0.4, -0.2) is 69.2 Å². The molecule has 0 saturated carbocycles. The summed E-state index contributed by atoms with van der Waals surface area (Å²) in [6.07, 6.45) is 21.3. The third-order valence-electron chi connectivity index (χ3n) is 4.96. The molecule has 0 fully saturated rings. The summed E-state index contributed by atoms with van der Waals surface area (Å²) in [5.74, 6) is -0.472. The second kappa shape index (κ2) is 20.9. The van der Waals surface area contributed by atoms with Crippen LogP contribution in [0.2, 0.25) is 0 Å². The summed E-state index contributed by atoms with van der Waals surface area (Å²) >= 11 is 0. The van der Waals surface area contributed by atoms with Crippen molar-refractivity contribution < 1.29 is 37.6 Å². The monoisotopic (exact) mass is 517 g/mol. The maximum atomic E-state index is 12.0. The highest BCUT2D eigenvalue weighted by atomic mass is 31.2. The Morgan fingerprint density at radius 2 is 1.54 bits per heavy atom. The van der Waals surface area contributed by atoms with Gasteiger partial charge < -0.3 is 28.3 Å². The van der Waals surface area contributed by atoms with Crippen LogP contribution in [-0.2, 0) is 23.1 Å². The normalized spacial score (nSPS) is 15.3. The predicted octanol–water partition coefficient (Wildman–Crippen LogP) is 4.69. The molecule has 0 aromatic heterocycles. The standard InChI is InChI=1S/C26H48NO7P/c1-5-6-7-8-9-10-11-12-13-14-15-16-17-18-19-20-26(29)34-25(23-28)24-33-35(30,31)32-22-21-27(2,3)4/h6-7,9-10,12-13,25,28H,5,8,11,14-24H2,1-4H3/b7-6-,10-9-,13-12-/t25-/m0/s1. The summed E-state index contributed by atoms with van der Waals surface area (Å²) in [6, 6.07) is 0. The summed E-state index contributed by atoms with van der Waals surface area (Å²) < 4.78 is 27.0. The fourth-order valence-corrected chi connectivity index (χ4v) is 3.62. The zero-order chi connectivity index (χ0) is 26.4. The van der Waals surface area contributed by atoms with E-state index in [2.05, 4.69) is 43.4 Å². The zero-order valence-corrected chi connectivity index (χ0v) is 23.1. The molecule has 0 aliphatic heterocycles. The van der Waals surface area contributed by atoms with Crippen molar-refractivity contribution in [1.29, 1.82) is 0 Å². The molecule has 0 saturated heterocycles. The van der Waals surface area contributed by atoms with Crippen molar-refractivity contribution in [2.75, 3.05) is 47.5 Å². The molecular formula is C26H48NO7P. The largest absolute Gasteiger partial charge is 0.756 e. The van der Waals surface area contributed by atoms with Crippen molar-refractivity contribution in [3.05, 3.63) is 36.5 Å². The molecule has 0 radical (unpaired) electrons. The van der Waals surface area contributed by atoms with Gasteiger partial charge in [-0.3, -0.25) is 9.36 Å². The molecule has 0 amide bonds. The van der Waals surface area contributed by atoms with Crippen molar-refractivity contribution >= 4 is 13.8 Å². The van der Waals surface area contributed by atoms with E-state index < -0.39 is 33.1 Å². The first kappa shape index (κ1) is 33.7. The van der Waals surface area contributed by atoms with Crippen LogP contribution in [0.1, 0.15) is 71.1 Å². The number of rotatable bonds is 22. The Hall–Kier alpha value is -1.28. The molecule has 204 valence electrons. The molecule has 0 aromatic rings. The number of hydrogen-bond acceptors (Lipinski definition) is 7. The lowest BCUT2D eigenvalue weighted by Crippen LogP contribution is -2.37. The van der Waals surface area contributed by atoms with Gasteiger partial charge in [-0.15, -0.1) is 0 Å². The molecule has 8 nitrogen and oxygen atoms in total. The highest BCUT2D eigenvalue weighted by molar-refractivity contribution is 7.45. The van der Waals surface area contributed by atoms with Crippen LogP contribution in [0.25, 0.3) is 0 Å². The average Bonchev–Trinajstić information content (AvgIpc) is 2.78. The number of esters is 1. The fourth-order valence-electron chi connectivity index (χ4n) is 2.90. The number of likely N-dealkylation sites (N-methyl/N-ethyl adjacent to an activating group) is 1. The van der Waals surface area contributed by atoms with Crippen LogP contribution in [0.3, 0.4) is 0 Å². The number of carbonyl (C=O) groups excluding carboxylic acids is 1. The first-order chi connectivity index (χ1) is 16.6. The maximum absolute atomic E-state index is 12.0. The Morgan fingerprint density at radius 3 is 2.17 bits per heavy atom. The number of allylic oxidation sites excluding steroid dienone is 6. The fraction of sp³-hybridized carbons (Fsp3) is 0.731. The average molecular weight is 518 g/mol. The Balaban J connectivity index is 3.82. The third-order valence-corrected chi connectivity index (χ3v) is 5.93. The molecule has 9 heteroatoms. The quantitative estimate of drug-likeness (QED) is 0.0730. The topological polar surface area (TPSA) is 105 Å². The zero-order valence-electron chi connectivity index (χ0n) is 22.2. The van der Waals surface area contributed by atoms with Gasteiger partial charge in [0.1, 0.15) is 19.3 Å². The van der Waals surface area contributed by atoms with E-state index in [1.54, 1.807) is 0 Å². The van der Waals surface area contributed by atoms with E-state index in [0.29, 0.717) is 17.4 Å². The van der Waals surface area contributed by atoms with Gasteiger partial charge in [0.05, 0.1) is 34.4 Å². The van der Waals surface area contributed by atoms with Crippen LogP contribution in [0.15, 0.2) is 36.5 Å². The molecule has 35 heavy (non-hydrogen) atoms. The van der Waals surface area contributed by atoms with Crippen molar-refractivity contribution in [3.8, 4) is 0 Å². The molecule has 1 unspecified atom stereocenters. The van der Waals surface area contributed by atoms with Crippen LogP contribution in [0.5, 0.6) is 0 Å². The smallest absolute Gasteiger partial charge is 0.306 e. The van der Waals surface area contributed by atoms with E-state index in [1.807, 2.05) is 21.1 Å². The molecule has 2 atom stereocenters. The van der Waals surface area contributed by atoms with E-state index in [1.165, 1.54) is 0 Å². The number of aliphatic hydroxyl groups is 1. The van der Waals surface area contributed by atoms with Crippen LogP contribution >= 0.6 is 7.82 Å². The van der Waals surface area contributed by atoms with E-state index >= 15 is 0 Å².